The summed E-state index contributed by atoms with van der Waals surface area (Å²) in [6.07, 6.45) is 1.48. The molecule has 0 saturated carbocycles. The topological polar surface area (TPSA) is 66.5 Å². The second-order valence-corrected chi connectivity index (χ2v) is 7.53. The van der Waals surface area contributed by atoms with Crippen molar-refractivity contribution in [3.8, 4) is 0 Å². The van der Waals surface area contributed by atoms with Crippen molar-refractivity contribution in [2.24, 2.45) is 0 Å². The van der Waals surface area contributed by atoms with Gasteiger partial charge in [0.25, 0.3) is 0 Å². The molecule has 1 N–H and O–H groups in total. The van der Waals surface area contributed by atoms with Gasteiger partial charge in [0.1, 0.15) is 6.04 Å². The number of rotatable bonds is 6. The Kier molecular flexibility index (Phi) is 5.62. The van der Waals surface area contributed by atoms with Crippen LogP contribution in [-0.2, 0) is 14.8 Å². The average Bonchev–Trinajstić information content (AvgIpc) is 2.53. The van der Waals surface area contributed by atoms with Gasteiger partial charge in [0, 0.05) is 5.69 Å². The maximum Gasteiger partial charge on any atom is 0.248 e. The van der Waals surface area contributed by atoms with E-state index in [0.717, 1.165) is 11.8 Å². The Hall–Kier alpha value is -2.34. The van der Waals surface area contributed by atoms with Crippen LogP contribution in [0.25, 0.3) is 0 Å². The second-order valence-electron chi connectivity index (χ2n) is 5.67. The number of carbonyl (C=O) groups is 1. The van der Waals surface area contributed by atoms with Gasteiger partial charge >= 0.3 is 0 Å². The Morgan fingerprint density at radius 2 is 1.67 bits per heavy atom. The summed E-state index contributed by atoms with van der Waals surface area (Å²) in [6.45, 7) is 3.72. The van der Waals surface area contributed by atoms with E-state index in [2.05, 4.69) is 5.32 Å². The van der Waals surface area contributed by atoms with E-state index in [1.54, 1.807) is 31.2 Å². The Morgan fingerprint density at radius 3 is 2.17 bits per heavy atom. The SMILES string of the molecule is CCC(C(=O)Nc1ccccc1)N(c1ccc(C)cc1)S(C)(=O)=O. The van der Waals surface area contributed by atoms with Crippen molar-refractivity contribution in [3.05, 3.63) is 60.2 Å². The monoisotopic (exact) mass is 346 g/mol. The highest BCUT2D eigenvalue weighted by molar-refractivity contribution is 7.92. The van der Waals surface area contributed by atoms with E-state index in [9.17, 15) is 13.2 Å². The zero-order valence-electron chi connectivity index (χ0n) is 14.1. The number of hydrogen-bond donors (Lipinski definition) is 1. The van der Waals surface area contributed by atoms with Crippen LogP contribution < -0.4 is 9.62 Å². The zero-order valence-corrected chi connectivity index (χ0v) is 14.9. The first-order valence-electron chi connectivity index (χ1n) is 7.75. The van der Waals surface area contributed by atoms with Crippen LogP contribution in [0.1, 0.15) is 18.9 Å². The molecule has 128 valence electrons. The molecular formula is C18H22N2O3S. The molecule has 1 amide bonds. The minimum atomic E-state index is -3.61. The third-order valence-corrected chi connectivity index (χ3v) is 4.84. The van der Waals surface area contributed by atoms with E-state index in [4.69, 9.17) is 0 Å². The average molecular weight is 346 g/mol. The van der Waals surface area contributed by atoms with E-state index in [-0.39, 0.29) is 5.91 Å². The van der Waals surface area contributed by atoms with Crippen LogP contribution in [0.5, 0.6) is 0 Å². The molecule has 6 heteroatoms. The quantitative estimate of drug-likeness (QED) is 0.873. The van der Waals surface area contributed by atoms with Gasteiger partial charge in [0.15, 0.2) is 0 Å². The lowest BCUT2D eigenvalue weighted by atomic mass is 10.1. The van der Waals surface area contributed by atoms with E-state index in [1.807, 2.05) is 37.3 Å². The fourth-order valence-corrected chi connectivity index (χ4v) is 3.71. The number of nitrogens with zero attached hydrogens (tertiary/aromatic N) is 1. The molecule has 0 aliphatic carbocycles. The molecule has 2 rings (SSSR count). The van der Waals surface area contributed by atoms with E-state index >= 15 is 0 Å². The molecule has 0 aliphatic rings. The van der Waals surface area contributed by atoms with Crippen molar-refractivity contribution in [2.45, 2.75) is 26.3 Å². The summed E-state index contributed by atoms with van der Waals surface area (Å²) in [5.41, 5.74) is 2.14. The summed E-state index contributed by atoms with van der Waals surface area (Å²) in [6, 6.07) is 15.3. The van der Waals surface area contributed by atoms with Crippen LogP contribution in [0.15, 0.2) is 54.6 Å². The summed E-state index contributed by atoms with van der Waals surface area (Å²) < 4.78 is 25.8. The van der Waals surface area contributed by atoms with Gasteiger partial charge in [0.2, 0.25) is 15.9 Å². The number of aryl methyl sites for hydroxylation is 1. The molecule has 0 spiro atoms. The van der Waals surface area contributed by atoms with E-state index in [1.165, 1.54) is 4.31 Å². The van der Waals surface area contributed by atoms with Crippen LogP contribution in [0.4, 0.5) is 11.4 Å². The lowest BCUT2D eigenvalue weighted by molar-refractivity contribution is -0.117. The molecule has 0 saturated heterocycles. The third-order valence-electron chi connectivity index (χ3n) is 3.66. The lowest BCUT2D eigenvalue weighted by Crippen LogP contribution is -2.47. The second kappa shape index (κ2) is 7.49. The first-order chi connectivity index (χ1) is 11.3. The molecule has 1 unspecified atom stereocenters. The number of anilines is 2. The number of para-hydroxylation sites is 1. The summed E-state index contributed by atoms with van der Waals surface area (Å²) in [5, 5.41) is 2.78. The minimum Gasteiger partial charge on any atom is -0.324 e. The van der Waals surface area contributed by atoms with Gasteiger partial charge in [0.05, 0.1) is 11.9 Å². The highest BCUT2D eigenvalue weighted by Gasteiger charge is 2.31. The molecule has 1 atom stereocenters. The first-order valence-corrected chi connectivity index (χ1v) is 9.59. The number of hydrogen-bond acceptors (Lipinski definition) is 3. The van der Waals surface area contributed by atoms with Gasteiger partial charge in [-0.05, 0) is 37.6 Å². The third kappa shape index (κ3) is 4.35. The smallest absolute Gasteiger partial charge is 0.248 e. The van der Waals surface area contributed by atoms with Crippen molar-refractivity contribution < 1.29 is 13.2 Å². The zero-order chi connectivity index (χ0) is 17.7. The Labute approximate surface area is 143 Å². The van der Waals surface area contributed by atoms with E-state index < -0.39 is 16.1 Å². The molecule has 0 fully saturated rings. The van der Waals surface area contributed by atoms with Crippen molar-refractivity contribution >= 4 is 27.3 Å². The largest absolute Gasteiger partial charge is 0.324 e. The van der Waals surface area contributed by atoms with Crippen molar-refractivity contribution in [2.75, 3.05) is 15.9 Å². The molecule has 0 aromatic heterocycles. The summed E-state index contributed by atoms with van der Waals surface area (Å²) in [5.74, 6) is -0.352. The number of amides is 1. The molecule has 2 aromatic rings. The predicted molar refractivity (Wildman–Crippen MR) is 97.7 cm³/mol. The first kappa shape index (κ1) is 18.0. The van der Waals surface area contributed by atoms with Gasteiger partial charge in [-0.15, -0.1) is 0 Å². The molecule has 0 bridgehead atoms. The normalized spacial score (nSPS) is 12.5. The Morgan fingerprint density at radius 1 is 1.08 bits per heavy atom. The predicted octanol–water partition coefficient (Wildman–Crippen LogP) is 3.18. The fraction of sp³-hybridized carbons (Fsp3) is 0.278. The van der Waals surface area contributed by atoms with Crippen LogP contribution in [-0.4, -0.2) is 26.6 Å². The highest BCUT2D eigenvalue weighted by atomic mass is 32.2. The van der Waals surface area contributed by atoms with Gasteiger partial charge < -0.3 is 5.32 Å². The van der Waals surface area contributed by atoms with Crippen LogP contribution in [0, 0.1) is 6.92 Å². The molecule has 0 aliphatic heterocycles. The van der Waals surface area contributed by atoms with Crippen molar-refractivity contribution in [1.82, 2.24) is 0 Å². The summed E-state index contributed by atoms with van der Waals surface area (Å²) in [7, 11) is -3.61. The number of carbonyl (C=O) groups excluding carboxylic acids is 1. The van der Waals surface area contributed by atoms with Crippen molar-refractivity contribution in [1.29, 1.82) is 0 Å². The number of sulfonamides is 1. The van der Waals surface area contributed by atoms with Gasteiger partial charge in [-0.1, -0.05) is 42.8 Å². The van der Waals surface area contributed by atoms with Crippen LogP contribution in [0.3, 0.4) is 0 Å². The molecule has 24 heavy (non-hydrogen) atoms. The van der Waals surface area contributed by atoms with Crippen LogP contribution in [0.2, 0.25) is 0 Å². The molecule has 2 aromatic carbocycles. The van der Waals surface area contributed by atoms with Gasteiger partial charge in [-0.25, -0.2) is 8.42 Å². The summed E-state index contributed by atoms with van der Waals surface area (Å²) >= 11 is 0. The van der Waals surface area contributed by atoms with Gasteiger partial charge in [-0.3, -0.25) is 9.10 Å². The molecule has 0 heterocycles. The summed E-state index contributed by atoms with van der Waals surface area (Å²) in [4.78, 5) is 12.7. The minimum absolute atomic E-state index is 0.352. The highest BCUT2D eigenvalue weighted by Crippen LogP contribution is 2.23. The van der Waals surface area contributed by atoms with E-state index in [0.29, 0.717) is 17.8 Å². The van der Waals surface area contributed by atoms with Crippen LogP contribution >= 0.6 is 0 Å². The molecular weight excluding hydrogens is 324 g/mol. The van der Waals surface area contributed by atoms with Crippen molar-refractivity contribution in [3.63, 3.8) is 0 Å². The van der Waals surface area contributed by atoms with Gasteiger partial charge in [-0.2, -0.15) is 0 Å². The fourth-order valence-electron chi connectivity index (χ4n) is 2.50. The number of benzene rings is 2. The Balaban J connectivity index is 2.35. The maximum atomic E-state index is 12.7. The molecule has 0 radical (unpaired) electrons. The maximum absolute atomic E-state index is 12.7. The standard InChI is InChI=1S/C18H22N2O3S/c1-4-17(18(21)19-15-8-6-5-7-9-15)20(24(3,22)23)16-12-10-14(2)11-13-16/h5-13,17H,4H2,1-3H3,(H,19,21). The molecule has 5 nitrogen and oxygen atoms in total. The number of nitrogens with one attached hydrogen (secondary N) is 1. The lowest BCUT2D eigenvalue weighted by Gasteiger charge is -2.30. The Bertz CT molecular complexity index is 787.